The monoisotopic (exact) mass is 267 g/mol. The molecule has 0 spiro atoms. The summed E-state index contributed by atoms with van der Waals surface area (Å²) in [6.45, 7) is 0. The van der Waals surface area contributed by atoms with E-state index in [9.17, 15) is 4.79 Å². The van der Waals surface area contributed by atoms with Crippen LogP contribution in [-0.4, -0.2) is 11.3 Å². The quantitative estimate of drug-likeness (QED) is 0.614. The van der Waals surface area contributed by atoms with E-state index in [1.54, 1.807) is 23.5 Å². The molecule has 1 aromatic heterocycles. The Hall–Kier alpha value is -1.92. The summed E-state index contributed by atoms with van der Waals surface area (Å²) in [5, 5.41) is 2.98. The van der Waals surface area contributed by atoms with Crippen molar-refractivity contribution in [3.05, 3.63) is 51.5 Å². The molecule has 1 saturated carbocycles. The van der Waals surface area contributed by atoms with Crippen molar-refractivity contribution in [1.29, 1.82) is 0 Å². The third kappa shape index (κ3) is 2.74. The molecular weight excluding hydrogens is 254 g/mol. The molecule has 0 bridgehead atoms. The van der Waals surface area contributed by atoms with Crippen LogP contribution < -0.4 is 0 Å². The van der Waals surface area contributed by atoms with Crippen molar-refractivity contribution in [3.63, 3.8) is 0 Å². The van der Waals surface area contributed by atoms with E-state index < -0.39 is 0 Å². The molecule has 0 unspecified atom stereocenters. The lowest BCUT2D eigenvalue weighted by Gasteiger charge is -2.22. The molecule has 0 N–H and O–H groups in total. The van der Waals surface area contributed by atoms with E-state index in [4.69, 9.17) is 0 Å². The van der Waals surface area contributed by atoms with E-state index in [0.29, 0.717) is 11.5 Å². The zero-order chi connectivity index (χ0) is 13.1. The smallest absolute Gasteiger partial charge is 0.167 e. The molecule has 1 aliphatic carbocycles. The second kappa shape index (κ2) is 5.38. The van der Waals surface area contributed by atoms with Gasteiger partial charge in [0, 0.05) is 22.4 Å². The molecule has 0 saturated heterocycles. The van der Waals surface area contributed by atoms with Crippen LogP contribution in [0.25, 0.3) is 0 Å². The van der Waals surface area contributed by atoms with Crippen LogP contribution >= 0.6 is 11.3 Å². The third-order valence-electron chi connectivity index (χ3n) is 3.38. The minimum atomic E-state index is 0.654. The zero-order valence-corrected chi connectivity index (χ0v) is 11.2. The fraction of sp³-hybridized carbons (Fsp3) is 0.250. The molecular formula is C16H13NOS. The molecule has 94 valence electrons. The fourth-order valence-electron chi connectivity index (χ4n) is 2.05. The summed E-state index contributed by atoms with van der Waals surface area (Å²) in [5.74, 6) is 6.80. The number of aromatic nitrogens is 1. The van der Waals surface area contributed by atoms with Gasteiger partial charge in [0.05, 0.1) is 5.69 Å². The Labute approximate surface area is 116 Å². The van der Waals surface area contributed by atoms with Gasteiger partial charge in [-0.25, -0.2) is 4.98 Å². The molecule has 2 aromatic rings. The summed E-state index contributed by atoms with van der Waals surface area (Å²) in [6.07, 6.45) is 4.68. The van der Waals surface area contributed by atoms with E-state index in [0.717, 1.165) is 16.9 Å². The molecule has 3 rings (SSSR count). The Morgan fingerprint density at radius 3 is 2.95 bits per heavy atom. The molecule has 0 amide bonds. The van der Waals surface area contributed by atoms with Crippen molar-refractivity contribution >= 4 is 17.6 Å². The van der Waals surface area contributed by atoms with Crippen molar-refractivity contribution in [2.24, 2.45) is 0 Å². The lowest BCUT2D eigenvalue weighted by atomic mass is 9.83. The molecule has 2 nitrogen and oxygen atoms in total. The van der Waals surface area contributed by atoms with Gasteiger partial charge in [-0.1, -0.05) is 24.5 Å². The first kappa shape index (κ1) is 12.1. The molecule has 3 heteroatoms. The number of aldehydes is 1. The molecule has 0 atom stereocenters. The number of nitrogens with zero attached hydrogens (tertiary/aromatic N) is 1. The van der Waals surface area contributed by atoms with Crippen LogP contribution in [0.1, 0.15) is 51.8 Å². The van der Waals surface area contributed by atoms with Gasteiger partial charge in [0.25, 0.3) is 0 Å². The highest BCUT2D eigenvalue weighted by molar-refractivity contribution is 7.10. The highest BCUT2D eigenvalue weighted by atomic mass is 32.1. The normalized spacial score (nSPS) is 14.3. The Morgan fingerprint density at radius 1 is 1.32 bits per heavy atom. The number of hydrogen-bond acceptors (Lipinski definition) is 3. The topological polar surface area (TPSA) is 30.0 Å². The Kier molecular flexibility index (Phi) is 3.43. The van der Waals surface area contributed by atoms with Gasteiger partial charge in [0.2, 0.25) is 0 Å². The first-order valence-corrected chi connectivity index (χ1v) is 7.26. The van der Waals surface area contributed by atoms with Crippen LogP contribution in [0.2, 0.25) is 0 Å². The van der Waals surface area contributed by atoms with Crippen molar-refractivity contribution in [2.75, 3.05) is 0 Å². The molecule has 1 heterocycles. The lowest BCUT2D eigenvalue weighted by molar-refractivity contribution is 0.112. The highest BCUT2D eigenvalue weighted by Crippen LogP contribution is 2.36. The molecule has 1 aromatic carbocycles. The summed E-state index contributed by atoms with van der Waals surface area (Å²) in [6, 6.07) is 7.31. The Morgan fingerprint density at radius 2 is 2.21 bits per heavy atom. The first-order valence-electron chi connectivity index (χ1n) is 6.38. The van der Waals surface area contributed by atoms with Crippen LogP contribution in [-0.2, 0) is 0 Å². The van der Waals surface area contributed by atoms with Crippen molar-refractivity contribution in [2.45, 2.75) is 25.2 Å². The maximum Gasteiger partial charge on any atom is 0.167 e. The predicted molar refractivity (Wildman–Crippen MR) is 76.5 cm³/mol. The van der Waals surface area contributed by atoms with Gasteiger partial charge < -0.3 is 0 Å². The van der Waals surface area contributed by atoms with Crippen molar-refractivity contribution < 1.29 is 4.79 Å². The van der Waals surface area contributed by atoms with Crippen LogP contribution in [0.5, 0.6) is 0 Å². The second-order valence-corrected chi connectivity index (χ2v) is 5.56. The number of thiazole rings is 1. The summed E-state index contributed by atoms with van der Waals surface area (Å²) in [5.41, 5.74) is 2.70. The third-order valence-corrected chi connectivity index (χ3v) is 4.16. The van der Waals surface area contributed by atoms with E-state index in [-0.39, 0.29) is 0 Å². The highest BCUT2D eigenvalue weighted by Gasteiger charge is 2.21. The van der Waals surface area contributed by atoms with Gasteiger partial charge in [-0.2, -0.15) is 0 Å². The van der Waals surface area contributed by atoms with Gasteiger partial charge in [-0.3, -0.25) is 4.79 Å². The lowest BCUT2D eigenvalue weighted by Crippen LogP contribution is -2.08. The number of carbonyl (C=O) groups excluding carboxylic acids is 1. The Balaban J connectivity index is 1.78. The SMILES string of the molecule is O=Cc1cccc(C#Cc2nc(C3CCC3)cs2)c1. The molecule has 1 aliphatic rings. The predicted octanol–water partition coefficient (Wildman–Crippen LogP) is 3.62. The number of benzene rings is 1. The van der Waals surface area contributed by atoms with Crippen molar-refractivity contribution in [1.82, 2.24) is 4.98 Å². The molecule has 0 aliphatic heterocycles. The van der Waals surface area contributed by atoms with Crippen molar-refractivity contribution in [3.8, 4) is 11.8 Å². The average Bonchev–Trinajstić information content (AvgIpc) is 2.83. The van der Waals surface area contributed by atoms with Gasteiger partial charge >= 0.3 is 0 Å². The Bertz CT molecular complexity index is 659. The minimum Gasteiger partial charge on any atom is -0.298 e. The van der Waals surface area contributed by atoms with Gasteiger partial charge in [0.15, 0.2) is 5.01 Å². The molecule has 19 heavy (non-hydrogen) atoms. The maximum atomic E-state index is 10.7. The van der Waals surface area contributed by atoms with Gasteiger partial charge in [0.1, 0.15) is 6.29 Å². The van der Waals surface area contributed by atoms with E-state index in [1.165, 1.54) is 25.0 Å². The van der Waals surface area contributed by atoms with Crippen LogP contribution in [0.15, 0.2) is 29.6 Å². The van der Waals surface area contributed by atoms with Crippen LogP contribution in [0.4, 0.5) is 0 Å². The minimum absolute atomic E-state index is 0.654. The van der Waals surface area contributed by atoms with Crippen LogP contribution in [0, 0.1) is 11.8 Å². The average molecular weight is 267 g/mol. The maximum absolute atomic E-state index is 10.7. The molecule has 1 fully saturated rings. The summed E-state index contributed by atoms with van der Waals surface area (Å²) in [4.78, 5) is 15.3. The summed E-state index contributed by atoms with van der Waals surface area (Å²) < 4.78 is 0. The first-order chi connectivity index (χ1) is 9.35. The van der Waals surface area contributed by atoms with E-state index in [1.807, 2.05) is 12.1 Å². The number of hydrogen-bond donors (Lipinski definition) is 0. The number of carbonyl (C=O) groups is 1. The zero-order valence-electron chi connectivity index (χ0n) is 10.4. The van der Waals surface area contributed by atoms with E-state index in [2.05, 4.69) is 22.2 Å². The molecule has 0 radical (unpaired) electrons. The summed E-state index contributed by atoms with van der Waals surface area (Å²) in [7, 11) is 0. The fourth-order valence-corrected chi connectivity index (χ4v) is 2.80. The van der Waals surface area contributed by atoms with Crippen LogP contribution in [0.3, 0.4) is 0 Å². The van der Waals surface area contributed by atoms with E-state index >= 15 is 0 Å². The standard InChI is InChI=1S/C16H13NOS/c18-10-13-4-1-3-12(9-13)7-8-16-17-15(11-19-16)14-5-2-6-14/h1,3-4,9-11,14H,2,5-6H2. The second-order valence-electron chi connectivity index (χ2n) is 4.70. The largest absolute Gasteiger partial charge is 0.298 e. The van der Waals surface area contributed by atoms with Gasteiger partial charge in [-0.05, 0) is 30.9 Å². The summed E-state index contributed by atoms with van der Waals surface area (Å²) >= 11 is 1.60. The number of rotatable bonds is 2. The van der Waals surface area contributed by atoms with Gasteiger partial charge in [-0.15, -0.1) is 11.3 Å².